The molecule has 0 aliphatic carbocycles. The minimum atomic E-state index is -0.435. The molecule has 2 rings (SSSR count). The number of hydrogen-bond donors (Lipinski definition) is 2. The SMILES string of the molecule is CCN1CCCC1CN(C)Cc1cc(C(=O)NN)no1. The zero-order chi connectivity index (χ0) is 14.5. The van der Waals surface area contributed by atoms with E-state index in [9.17, 15) is 4.79 Å². The zero-order valence-electron chi connectivity index (χ0n) is 12.1. The topological polar surface area (TPSA) is 87.6 Å². The van der Waals surface area contributed by atoms with Crippen LogP contribution < -0.4 is 11.3 Å². The van der Waals surface area contributed by atoms with Gasteiger partial charge < -0.3 is 4.52 Å². The monoisotopic (exact) mass is 281 g/mol. The molecule has 1 aromatic rings. The van der Waals surface area contributed by atoms with E-state index in [0.29, 0.717) is 18.3 Å². The average Bonchev–Trinajstić information content (AvgIpc) is 3.06. The van der Waals surface area contributed by atoms with E-state index in [2.05, 4.69) is 28.9 Å². The second-order valence-electron chi connectivity index (χ2n) is 5.27. The maximum absolute atomic E-state index is 11.3. The van der Waals surface area contributed by atoms with Gasteiger partial charge in [0.05, 0.1) is 6.54 Å². The number of hydrazine groups is 1. The molecule has 0 saturated carbocycles. The summed E-state index contributed by atoms with van der Waals surface area (Å²) in [6.45, 7) is 6.12. The van der Waals surface area contributed by atoms with Gasteiger partial charge in [0.1, 0.15) is 0 Å². The molecule has 2 heterocycles. The van der Waals surface area contributed by atoms with Gasteiger partial charge in [-0.25, -0.2) is 5.84 Å². The lowest BCUT2D eigenvalue weighted by atomic mass is 10.2. The first-order valence-corrected chi connectivity index (χ1v) is 7.03. The van der Waals surface area contributed by atoms with Crippen LogP contribution in [0.5, 0.6) is 0 Å². The number of hydrogen-bond acceptors (Lipinski definition) is 6. The molecule has 1 unspecified atom stereocenters. The van der Waals surface area contributed by atoms with Gasteiger partial charge in [-0.15, -0.1) is 0 Å². The van der Waals surface area contributed by atoms with Gasteiger partial charge in [-0.05, 0) is 33.0 Å². The number of rotatable bonds is 6. The molecule has 3 N–H and O–H groups in total. The average molecular weight is 281 g/mol. The van der Waals surface area contributed by atoms with E-state index in [1.54, 1.807) is 6.07 Å². The van der Waals surface area contributed by atoms with Crippen molar-refractivity contribution in [2.24, 2.45) is 5.84 Å². The fraction of sp³-hybridized carbons (Fsp3) is 0.692. The van der Waals surface area contributed by atoms with Crippen LogP contribution in [0.15, 0.2) is 10.6 Å². The Morgan fingerprint density at radius 1 is 1.70 bits per heavy atom. The summed E-state index contributed by atoms with van der Waals surface area (Å²) in [4.78, 5) is 16.0. The molecule has 112 valence electrons. The highest BCUT2D eigenvalue weighted by Crippen LogP contribution is 2.18. The first-order valence-electron chi connectivity index (χ1n) is 7.03. The van der Waals surface area contributed by atoms with Gasteiger partial charge in [0.25, 0.3) is 5.91 Å². The Hall–Kier alpha value is -1.44. The standard InChI is InChI=1S/C13H23N5O2/c1-3-18-6-4-5-10(18)8-17(2)9-11-7-12(16-20-11)13(19)15-14/h7,10H,3-6,8-9,14H2,1-2H3,(H,15,19). The maximum Gasteiger partial charge on any atom is 0.287 e. The second-order valence-corrected chi connectivity index (χ2v) is 5.27. The normalized spacial score (nSPS) is 19.7. The molecule has 0 aromatic carbocycles. The number of nitrogens with two attached hydrogens (primary N) is 1. The lowest BCUT2D eigenvalue weighted by Gasteiger charge is -2.27. The fourth-order valence-corrected chi connectivity index (χ4v) is 2.78. The fourth-order valence-electron chi connectivity index (χ4n) is 2.78. The van der Waals surface area contributed by atoms with Crippen LogP contribution in [0.25, 0.3) is 0 Å². The van der Waals surface area contributed by atoms with E-state index in [-0.39, 0.29) is 5.69 Å². The number of nitrogen functional groups attached to an aromatic ring is 1. The van der Waals surface area contributed by atoms with E-state index < -0.39 is 5.91 Å². The van der Waals surface area contributed by atoms with Gasteiger partial charge in [-0.2, -0.15) is 0 Å². The van der Waals surface area contributed by atoms with E-state index in [1.807, 2.05) is 5.43 Å². The van der Waals surface area contributed by atoms with E-state index >= 15 is 0 Å². The number of aromatic nitrogens is 1. The van der Waals surface area contributed by atoms with Crippen LogP contribution in [0.3, 0.4) is 0 Å². The highest BCUT2D eigenvalue weighted by Gasteiger charge is 2.24. The van der Waals surface area contributed by atoms with E-state index in [0.717, 1.165) is 13.1 Å². The predicted octanol–water partition coefficient (Wildman–Crippen LogP) is 0.194. The van der Waals surface area contributed by atoms with Gasteiger partial charge in [-0.1, -0.05) is 12.1 Å². The quantitative estimate of drug-likeness (QED) is 0.440. The number of nitrogens with zero attached hydrogens (tertiary/aromatic N) is 3. The van der Waals surface area contributed by atoms with Crippen LogP contribution in [0.2, 0.25) is 0 Å². The molecule has 1 aromatic heterocycles. The third-order valence-corrected chi connectivity index (χ3v) is 3.78. The molecule has 1 aliphatic heterocycles. The van der Waals surface area contributed by atoms with Crippen molar-refractivity contribution in [3.8, 4) is 0 Å². The summed E-state index contributed by atoms with van der Waals surface area (Å²) in [5, 5.41) is 3.70. The van der Waals surface area contributed by atoms with Crippen molar-refractivity contribution < 1.29 is 9.32 Å². The Kier molecular flexibility index (Phi) is 5.11. The summed E-state index contributed by atoms with van der Waals surface area (Å²) in [6, 6.07) is 2.24. The van der Waals surface area contributed by atoms with Crippen LogP contribution in [0, 0.1) is 0 Å². The molecule has 0 bridgehead atoms. The molecule has 1 fully saturated rings. The minimum Gasteiger partial charge on any atom is -0.359 e. The first kappa shape index (κ1) is 15.0. The third kappa shape index (κ3) is 3.56. The zero-order valence-corrected chi connectivity index (χ0v) is 12.1. The molecule has 0 radical (unpaired) electrons. The van der Waals surface area contributed by atoms with Crippen molar-refractivity contribution in [2.75, 3.05) is 26.7 Å². The van der Waals surface area contributed by atoms with Crippen LogP contribution in [0.1, 0.15) is 36.0 Å². The Bertz CT molecular complexity index is 448. The van der Waals surface area contributed by atoms with Crippen LogP contribution in [-0.4, -0.2) is 53.6 Å². The molecule has 1 aliphatic rings. The van der Waals surface area contributed by atoms with Crippen molar-refractivity contribution in [3.05, 3.63) is 17.5 Å². The lowest BCUT2D eigenvalue weighted by molar-refractivity contribution is 0.0944. The Morgan fingerprint density at radius 2 is 2.50 bits per heavy atom. The summed E-state index contributed by atoms with van der Waals surface area (Å²) < 4.78 is 5.15. The smallest absolute Gasteiger partial charge is 0.287 e. The molecular weight excluding hydrogens is 258 g/mol. The number of carbonyl (C=O) groups excluding carboxylic acids is 1. The highest BCUT2D eigenvalue weighted by atomic mass is 16.5. The summed E-state index contributed by atoms with van der Waals surface area (Å²) in [5.41, 5.74) is 2.25. The maximum atomic E-state index is 11.3. The van der Waals surface area contributed by atoms with Crippen molar-refractivity contribution in [1.29, 1.82) is 0 Å². The number of amides is 1. The summed E-state index contributed by atoms with van der Waals surface area (Å²) in [6.07, 6.45) is 2.52. The summed E-state index contributed by atoms with van der Waals surface area (Å²) in [5.74, 6) is 5.30. The first-order chi connectivity index (χ1) is 9.63. The molecule has 1 amide bonds. The van der Waals surface area contributed by atoms with Gasteiger partial charge in [0.2, 0.25) is 0 Å². The molecule has 7 nitrogen and oxygen atoms in total. The second kappa shape index (κ2) is 6.83. The largest absolute Gasteiger partial charge is 0.359 e. The molecule has 20 heavy (non-hydrogen) atoms. The van der Waals surface area contributed by atoms with Gasteiger partial charge in [-0.3, -0.25) is 20.0 Å². The molecular formula is C13H23N5O2. The van der Waals surface area contributed by atoms with Crippen LogP contribution in [0.4, 0.5) is 0 Å². The Balaban J connectivity index is 1.86. The van der Waals surface area contributed by atoms with Crippen molar-refractivity contribution in [2.45, 2.75) is 32.4 Å². The van der Waals surface area contributed by atoms with Crippen LogP contribution >= 0.6 is 0 Å². The third-order valence-electron chi connectivity index (χ3n) is 3.78. The summed E-state index contributed by atoms with van der Waals surface area (Å²) >= 11 is 0. The number of carbonyl (C=O) groups is 1. The number of likely N-dealkylation sites (tertiary alicyclic amines) is 1. The number of nitrogens with one attached hydrogen (secondary N) is 1. The van der Waals surface area contributed by atoms with Gasteiger partial charge in [0, 0.05) is 18.7 Å². The minimum absolute atomic E-state index is 0.215. The van der Waals surface area contributed by atoms with E-state index in [4.69, 9.17) is 10.4 Å². The molecule has 1 saturated heterocycles. The highest BCUT2D eigenvalue weighted by molar-refractivity contribution is 5.91. The molecule has 7 heteroatoms. The summed E-state index contributed by atoms with van der Waals surface area (Å²) in [7, 11) is 2.05. The van der Waals surface area contributed by atoms with Crippen molar-refractivity contribution in [3.63, 3.8) is 0 Å². The van der Waals surface area contributed by atoms with Gasteiger partial charge in [0.15, 0.2) is 11.5 Å². The van der Waals surface area contributed by atoms with Gasteiger partial charge >= 0.3 is 0 Å². The molecule has 1 atom stereocenters. The van der Waals surface area contributed by atoms with Crippen molar-refractivity contribution in [1.82, 2.24) is 20.4 Å². The number of likely N-dealkylation sites (N-methyl/N-ethyl adjacent to an activating group) is 2. The van der Waals surface area contributed by atoms with Crippen LogP contribution in [-0.2, 0) is 6.54 Å². The van der Waals surface area contributed by atoms with Crippen molar-refractivity contribution >= 4 is 5.91 Å². The molecule has 0 spiro atoms. The Morgan fingerprint density at radius 3 is 3.20 bits per heavy atom. The van der Waals surface area contributed by atoms with E-state index in [1.165, 1.54) is 19.4 Å². The Labute approximate surface area is 119 Å². The predicted molar refractivity (Wildman–Crippen MR) is 74.8 cm³/mol. The lowest BCUT2D eigenvalue weighted by Crippen LogP contribution is -2.38.